The van der Waals surface area contributed by atoms with Crippen LogP contribution >= 0.6 is 23.4 Å². The molecule has 98 valence electrons. The molecular formula is C14H12ClNO2S. The van der Waals surface area contributed by atoms with Gasteiger partial charge in [-0.1, -0.05) is 29.8 Å². The van der Waals surface area contributed by atoms with Gasteiger partial charge in [0.1, 0.15) is 0 Å². The van der Waals surface area contributed by atoms with Gasteiger partial charge >= 0.3 is 5.97 Å². The minimum Gasteiger partial charge on any atom is -0.478 e. The Morgan fingerprint density at radius 1 is 1.26 bits per heavy atom. The molecule has 2 rings (SSSR count). The number of hydrogen-bond donors (Lipinski definition) is 2. The molecule has 19 heavy (non-hydrogen) atoms. The average Bonchev–Trinajstić information content (AvgIpc) is 2.38. The lowest BCUT2D eigenvalue weighted by atomic mass is 10.1. The fourth-order valence-corrected chi connectivity index (χ4v) is 2.79. The third-order valence-corrected chi connectivity index (χ3v) is 3.98. The van der Waals surface area contributed by atoms with Crippen LogP contribution in [0.4, 0.5) is 5.69 Å². The molecule has 2 aromatic rings. The summed E-state index contributed by atoms with van der Waals surface area (Å²) in [6.07, 6.45) is 0. The number of carbonyl (C=O) groups is 1. The van der Waals surface area contributed by atoms with Crippen LogP contribution in [0.15, 0.2) is 47.4 Å². The summed E-state index contributed by atoms with van der Waals surface area (Å²) in [5.74, 6) is -0.367. The van der Waals surface area contributed by atoms with Crippen LogP contribution in [-0.4, -0.2) is 11.1 Å². The molecule has 0 aliphatic heterocycles. The Kier molecular flexibility index (Phi) is 4.35. The maximum Gasteiger partial charge on any atom is 0.335 e. The van der Waals surface area contributed by atoms with Gasteiger partial charge in [-0.15, -0.1) is 11.8 Å². The van der Waals surface area contributed by atoms with Crippen molar-refractivity contribution >= 4 is 35.0 Å². The van der Waals surface area contributed by atoms with Crippen LogP contribution in [0.2, 0.25) is 5.02 Å². The monoisotopic (exact) mass is 293 g/mol. The molecule has 0 saturated heterocycles. The second kappa shape index (κ2) is 5.99. The van der Waals surface area contributed by atoms with Crippen molar-refractivity contribution in [1.82, 2.24) is 0 Å². The molecule has 0 radical (unpaired) electrons. The number of aromatic carboxylic acids is 1. The highest BCUT2D eigenvalue weighted by atomic mass is 35.5. The third kappa shape index (κ3) is 3.43. The van der Waals surface area contributed by atoms with Crippen molar-refractivity contribution < 1.29 is 9.90 Å². The van der Waals surface area contributed by atoms with E-state index in [1.54, 1.807) is 24.3 Å². The number of thioether (sulfide) groups is 1. The van der Waals surface area contributed by atoms with Crippen LogP contribution in [0.25, 0.3) is 0 Å². The highest BCUT2D eigenvalue weighted by Gasteiger charge is 2.10. The summed E-state index contributed by atoms with van der Waals surface area (Å²) >= 11 is 7.33. The summed E-state index contributed by atoms with van der Waals surface area (Å²) in [6.45, 7) is 0. The van der Waals surface area contributed by atoms with Gasteiger partial charge in [0.15, 0.2) is 0 Å². The number of nitrogen functional groups attached to an aromatic ring is 1. The van der Waals surface area contributed by atoms with Gasteiger partial charge in [0.25, 0.3) is 0 Å². The van der Waals surface area contributed by atoms with Crippen molar-refractivity contribution in [2.45, 2.75) is 10.6 Å². The summed E-state index contributed by atoms with van der Waals surface area (Å²) in [7, 11) is 0. The summed E-state index contributed by atoms with van der Waals surface area (Å²) in [6, 6.07) is 12.2. The first kappa shape index (κ1) is 13.8. The first-order chi connectivity index (χ1) is 9.08. The molecule has 0 spiro atoms. The zero-order valence-corrected chi connectivity index (χ0v) is 11.5. The lowest BCUT2D eigenvalue weighted by molar-refractivity contribution is 0.0696. The number of anilines is 1. The Balaban J connectivity index is 2.17. The van der Waals surface area contributed by atoms with E-state index in [9.17, 15) is 4.79 Å². The van der Waals surface area contributed by atoms with Crippen molar-refractivity contribution in [3.05, 3.63) is 58.6 Å². The second-order valence-electron chi connectivity index (χ2n) is 3.93. The average molecular weight is 294 g/mol. The number of hydrogen-bond acceptors (Lipinski definition) is 3. The zero-order valence-electron chi connectivity index (χ0n) is 9.97. The van der Waals surface area contributed by atoms with Crippen LogP contribution in [0.1, 0.15) is 15.9 Å². The molecule has 5 heteroatoms. The van der Waals surface area contributed by atoms with Gasteiger partial charge in [-0.3, -0.25) is 0 Å². The molecule has 2 aromatic carbocycles. The van der Waals surface area contributed by atoms with Crippen LogP contribution in [-0.2, 0) is 5.75 Å². The number of carboxylic acid groups (broad SMARTS) is 1. The van der Waals surface area contributed by atoms with Crippen LogP contribution in [0.5, 0.6) is 0 Å². The van der Waals surface area contributed by atoms with E-state index in [-0.39, 0.29) is 0 Å². The fraction of sp³-hybridized carbons (Fsp3) is 0.0714. The Morgan fingerprint density at radius 2 is 2.00 bits per heavy atom. The van der Waals surface area contributed by atoms with Gasteiger partial charge in [-0.05, 0) is 29.8 Å². The van der Waals surface area contributed by atoms with E-state index in [0.717, 1.165) is 10.5 Å². The minimum absolute atomic E-state index is 0.322. The summed E-state index contributed by atoms with van der Waals surface area (Å²) in [5, 5.41) is 9.69. The molecule has 0 saturated carbocycles. The molecule has 0 amide bonds. The SMILES string of the molecule is Nc1cc(Cl)ccc1SCc1ccccc1C(=O)O. The molecule has 0 atom stereocenters. The fourth-order valence-electron chi connectivity index (χ4n) is 1.66. The van der Waals surface area contributed by atoms with E-state index in [1.807, 2.05) is 18.2 Å². The summed E-state index contributed by atoms with van der Waals surface area (Å²) in [5.41, 5.74) is 7.56. The molecule has 0 fully saturated rings. The highest BCUT2D eigenvalue weighted by Crippen LogP contribution is 2.30. The molecular weight excluding hydrogens is 282 g/mol. The van der Waals surface area contributed by atoms with E-state index in [2.05, 4.69) is 0 Å². The lowest BCUT2D eigenvalue weighted by Gasteiger charge is -2.08. The predicted molar refractivity (Wildman–Crippen MR) is 78.8 cm³/mol. The summed E-state index contributed by atoms with van der Waals surface area (Å²) in [4.78, 5) is 12.0. The predicted octanol–water partition coefficient (Wildman–Crippen LogP) is 3.91. The molecule has 0 heterocycles. The third-order valence-electron chi connectivity index (χ3n) is 2.60. The normalized spacial score (nSPS) is 10.4. The van der Waals surface area contributed by atoms with Gasteiger partial charge in [0.2, 0.25) is 0 Å². The Morgan fingerprint density at radius 3 is 2.68 bits per heavy atom. The number of carboxylic acids is 1. The largest absolute Gasteiger partial charge is 0.478 e. The van der Waals surface area contributed by atoms with Crippen molar-refractivity contribution in [3.63, 3.8) is 0 Å². The van der Waals surface area contributed by atoms with Crippen LogP contribution in [0, 0.1) is 0 Å². The highest BCUT2D eigenvalue weighted by molar-refractivity contribution is 7.98. The Labute approximate surface area is 120 Å². The maximum atomic E-state index is 11.1. The van der Waals surface area contributed by atoms with Crippen LogP contribution < -0.4 is 5.73 Å². The molecule has 3 N–H and O–H groups in total. The number of halogens is 1. The first-order valence-electron chi connectivity index (χ1n) is 5.57. The van der Waals surface area contributed by atoms with Crippen molar-refractivity contribution in [1.29, 1.82) is 0 Å². The molecule has 0 aliphatic rings. The van der Waals surface area contributed by atoms with Crippen LogP contribution in [0.3, 0.4) is 0 Å². The van der Waals surface area contributed by atoms with Gasteiger partial charge in [-0.25, -0.2) is 4.79 Å². The van der Waals surface area contributed by atoms with E-state index in [4.69, 9.17) is 22.4 Å². The van der Waals surface area contributed by atoms with Crippen molar-refractivity contribution in [2.24, 2.45) is 0 Å². The lowest BCUT2D eigenvalue weighted by Crippen LogP contribution is -2.01. The maximum absolute atomic E-state index is 11.1. The molecule has 3 nitrogen and oxygen atoms in total. The first-order valence-corrected chi connectivity index (χ1v) is 6.93. The van der Waals surface area contributed by atoms with E-state index in [1.165, 1.54) is 11.8 Å². The van der Waals surface area contributed by atoms with Crippen molar-refractivity contribution in [3.8, 4) is 0 Å². The van der Waals surface area contributed by atoms with E-state index >= 15 is 0 Å². The molecule has 0 aliphatic carbocycles. The molecule has 0 aromatic heterocycles. The number of nitrogens with two attached hydrogens (primary N) is 1. The van der Waals surface area contributed by atoms with Gasteiger partial charge in [0.05, 0.1) is 5.56 Å². The van der Waals surface area contributed by atoms with Gasteiger partial charge in [0, 0.05) is 21.4 Å². The minimum atomic E-state index is -0.916. The van der Waals surface area contributed by atoms with Gasteiger partial charge in [-0.2, -0.15) is 0 Å². The zero-order chi connectivity index (χ0) is 13.8. The smallest absolute Gasteiger partial charge is 0.335 e. The topological polar surface area (TPSA) is 63.3 Å². The number of rotatable bonds is 4. The summed E-state index contributed by atoms with van der Waals surface area (Å²) < 4.78 is 0. The molecule has 0 unspecified atom stereocenters. The Hall–Kier alpha value is -1.65. The quantitative estimate of drug-likeness (QED) is 0.662. The van der Waals surface area contributed by atoms with Gasteiger partial charge < -0.3 is 10.8 Å². The number of benzene rings is 2. The second-order valence-corrected chi connectivity index (χ2v) is 5.39. The van der Waals surface area contributed by atoms with E-state index < -0.39 is 5.97 Å². The standard InChI is InChI=1S/C14H12ClNO2S/c15-10-5-6-13(12(16)7-10)19-8-9-3-1-2-4-11(9)14(17)18/h1-7H,8,16H2,(H,17,18). The Bertz CT molecular complexity index is 616. The van der Waals surface area contributed by atoms with E-state index in [0.29, 0.717) is 22.0 Å². The van der Waals surface area contributed by atoms with Crippen molar-refractivity contribution in [2.75, 3.05) is 5.73 Å². The molecule has 0 bridgehead atoms.